The third kappa shape index (κ3) is 2.82. The molecule has 1 saturated carbocycles. The van der Waals surface area contributed by atoms with E-state index < -0.39 is 5.72 Å². The molecule has 0 aromatic heterocycles. The van der Waals surface area contributed by atoms with Gasteiger partial charge in [-0.2, -0.15) is 0 Å². The standard InChI is InChI=1S/C20H28BrN3O2/c1-18(2,3)13-8-9-19(11-13)12-20(23-17(22-4)24(5)26-20)15-10-14(21)6-7-16(15)25-19/h6-7,10,13H,8-9,11-12H2,1-5H3,(H,22,23). The fraction of sp³-hybridized carbons (Fsp3) is 0.650. The van der Waals surface area contributed by atoms with Crippen molar-refractivity contribution >= 4 is 21.9 Å². The van der Waals surface area contributed by atoms with E-state index in [0.29, 0.717) is 5.92 Å². The highest BCUT2D eigenvalue weighted by molar-refractivity contribution is 9.10. The quantitative estimate of drug-likeness (QED) is 0.673. The Hall–Kier alpha value is -1.27. The Morgan fingerprint density at radius 3 is 2.73 bits per heavy atom. The number of nitrogens with zero attached hydrogens (tertiary/aromatic N) is 2. The minimum atomic E-state index is -0.725. The highest BCUT2D eigenvalue weighted by Gasteiger charge is 2.57. The van der Waals surface area contributed by atoms with Crippen LogP contribution >= 0.6 is 15.9 Å². The smallest absolute Gasteiger partial charge is 0.222 e. The average Bonchev–Trinajstić information content (AvgIpc) is 3.10. The molecule has 6 heteroatoms. The van der Waals surface area contributed by atoms with Crippen LogP contribution in [0.5, 0.6) is 5.75 Å². The summed E-state index contributed by atoms with van der Waals surface area (Å²) in [6, 6.07) is 6.15. The van der Waals surface area contributed by atoms with Crippen LogP contribution in [0.15, 0.2) is 27.7 Å². The molecule has 2 aliphatic heterocycles. The van der Waals surface area contributed by atoms with E-state index >= 15 is 0 Å². The van der Waals surface area contributed by atoms with Crippen molar-refractivity contribution < 1.29 is 9.57 Å². The second kappa shape index (κ2) is 5.86. The molecule has 3 unspecified atom stereocenters. The first-order chi connectivity index (χ1) is 12.2. The average molecular weight is 422 g/mol. The lowest BCUT2D eigenvalue weighted by atomic mass is 9.77. The van der Waals surface area contributed by atoms with Crippen LogP contribution in [0.1, 0.15) is 52.0 Å². The van der Waals surface area contributed by atoms with E-state index in [1.807, 2.05) is 26.2 Å². The van der Waals surface area contributed by atoms with Gasteiger partial charge in [0.15, 0.2) is 0 Å². The van der Waals surface area contributed by atoms with Crippen molar-refractivity contribution in [3.05, 3.63) is 28.2 Å². The largest absolute Gasteiger partial charge is 0.487 e. The third-order valence-electron chi connectivity index (χ3n) is 6.14. The molecule has 1 aromatic carbocycles. The van der Waals surface area contributed by atoms with Crippen LogP contribution in [0, 0.1) is 11.3 Å². The predicted octanol–water partition coefficient (Wildman–Crippen LogP) is 4.42. The van der Waals surface area contributed by atoms with E-state index in [-0.39, 0.29) is 11.0 Å². The van der Waals surface area contributed by atoms with Crippen LogP contribution in [-0.2, 0) is 10.6 Å². The molecule has 3 atom stereocenters. The first-order valence-corrected chi connectivity index (χ1v) is 10.2. The molecule has 142 valence electrons. The summed E-state index contributed by atoms with van der Waals surface area (Å²) in [4.78, 5) is 11.3. The lowest BCUT2D eigenvalue weighted by molar-refractivity contribution is -0.204. The van der Waals surface area contributed by atoms with Gasteiger partial charge < -0.3 is 10.1 Å². The fourth-order valence-electron chi connectivity index (χ4n) is 4.71. The number of aliphatic imine (C=N–C) groups is 1. The molecule has 3 aliphatic rings. The first kappa shape index (κ1) is 18.1. The van der Waals surface area contributed by atoms with Crippen molar-refractivity contribution in [1.82, 2.24) is 10.4 Å². The van der Waals surface area contributed by atoms with Gasteiger partial charge >= 0.3 is 0 Å². The van der Waals surface area contributed by atoms with Crippen molar-refractivity contribution in [2.75, 3.05) is 14.1 Å². The first-order valence-electron chi connectivity index (χ1n) is 9.36. The number of nitrogens with one attached hydrogen (secondary N) is 1. The van der Waals surface area contributed by atoms with E-state index in [2.05, 4.69) is 48.1 Å². The van der Waals surface area contributed by atoms with Crippen LogP contribution in [0.2, 0.25) is 0 Å². The van der Waals surface area contributed by atoms with E-state index in [4.69, 9.17) is 14.6 Å². The number of fused-ring (bicyclic) bond motifs is 2. The van der Waals surface area contributed by atoms with Gasteiger partial charge in [0, 0.05) is 25.0 Å². The van der Waals surface area contributed by atoms with Gasteiger partial charge in [-0.15, -0.1) is 0 Å². The van der Waals surface area contributed by atoms with Crippen LogP contribution in [0.25, 0.3) is 0 Å². The zero-order valence-corrected chi connectivity index (χ0v) is 17.8. The predicted molar refractivity (Wildman–Crippen MR) is 106 cm³/mol. The van der Waals surface area contributed by atoms with Gasteiger partial charge in [-0.25, -0.2) is 14.9 Å². The highest BCUT2D eigenvalue weighted by atomic mass is 79.9. The molecule has 1 fully saturated rings. The number of hydrogen-bond acceptors (Lipinski definition) is 5. The Balaban J connectivity index is 1.78. The molecule has 5 nitrogen and oxygen atoms in total. The number of benzene rings is 1. The maximum absolute atomic E-state index is 6.64. The number of hydroxylamine groups is 2. The van der Waals surface area contributed by atoms with Crippen LogP contribution in [0.4, 0.5) is 0 Å². The Kier molecular flexibility index (Phi) is 4.08. The zero-order valence-electron chi connectivity index (χ0n) is 16.2. The van der Waals surface area contributed by atoms with E-state index in [0.717, 1.165) is 41.0 Å². The fourth-order valence-corrected chi connectivity index (χ4v) is 5.07. The monoisotopic (exact) mass is 421 g/mol. The normalized spacial score (nSPS) is 33.4. The number of ether oxygens (including phenoxy) is 1. The van der Waals surface area contributed by atoms with Crippen molar-refractivity contribution in [2.24, 2.45) is 16.3 Å². The summed E-state index contributed by atoms with van der Waals surface area (Å²) in [5.74, 6) is 2.28. The van der Waals surface area contributed by atoms with Gasteiger partial charge in [0.2, 0.25) is 11.7 Å². The SMILES string of the molecule is CNC1=NC2(CC3(CCC(C(C)(C)C)C3)Oc3ccc(Br)cc32)ON1C. The lowest BCUT2D eigenvalue weighted by Gasteiger charge is -2.44. The molecule has 26 heavy (non-hydrogen) atoms. The maximum atomic E-state index is 6.64. The molecule has 0 amide bonds. The molecule has 2 heterocycles. The number of halogens is 1. The molecule has 0 bridgehead atoms. The van der Waals surface area contributed by atoms with E-state index in [9.17, 15) is 0 Å². The number of rotatable bonds is 0. The molecule has 1 aromatic rings. The van der Waals surface area contributed by atoms with E-state index in [1.54, 1.807) is 5.06 Å². The zero-order chi connectivity index (χ0) is 18.7. The van der Waals surface area contributed by atoms with Gasteiger partial charge in [-0.1, -0.05) is 36.7 Å². The number of hydrogen-bond donors (Lipinski definition) is 1. The summed E-state index contributed by atoms with van der Waals surface area (Å²) in [6.45, 7) is 6.99. The molecule has 2 spiro atoms. The molecule has 4 rings (SSSR count). The Morgan fingerprint density at radius 1 is 1.35 bits per heavy atom. The van der Waals surface area contributed by atoms with Crippen molar-refractivity contribution in [3.63, 3.8) is 0 Å². The minimum Gasteiger partial charge on any atom is -0.487 e. The van der Waals surface area contributed by atoms with Crippen molar-refractivity contribution in [1.29, 1.82) is 0 Å². The molecule has 0 saturated heterocycles. The third-order valence-corrected chi connectivity index (χ3v) is 6.63. The summed E-state index contributed by atoms with van der Waals surface area (Å²) >= 11 is 3.59. The molecule has 1 aliphatic carbocycles. The second-order valence-corrected chi connectivity index (χ2v) is 9.88. The molecular formula is C20H28BrN3O2. The molecular weight excluding hydrogens is 394 g/mol. The summed E-state index contributed by atoms with van der Waals surface area (Å²) in [7, 11) is 3.77. The van der Waals surface area contributed by atoms with Crippen molar-refractivity contribution in [3.8, 4) is 5.75 Å². The van der Waals surface area contributed by atoms with Gasteiger partial charge in [-0.05, 0) is 48.8 Å². The van der Waals surface area contributed by atoms with Gasteiger partial charge in [0.25, 0.3) is 0 Å². The Labute approximate surface area is 164 Å². The lowest BCUT2D eigenvalue weighted by Crippen LogP contribution is -2.47. The van der Waals surface area contributed by atoms with Crippen LogP contribution in [-0.4, -0.2) is 30.7 Å². The molecule has 1 N–H and O–H groups in total. The van der Waals surface area contributed by atoms with E-state index in [1.165, 1.54) is 6.42 Å². The van der Waals surface area contributed by atoms with Crippen LogP contribution < -0.4 is 10.1 Å². The minimum absolute atomic E-state index is 0.216. The Bertz CT molecular complexity index is 760. The van der Waals surface area contributed by atoms with Crippen molar-refractivity contribution in [2.45, 2.75) is 57.8 Å². The Morgan fingerprint density at radius 2 is 2.12 bits per heavy atom. The summed E-state index contributed by atoms with van der Waals surface area (Å²) in [5.41, 5.74) is 0.338. The van der Waals surface area contributed by atoms with Gasteiger partial charge in [0.05, 0.1) is 5.56 Å². The summed E-state index contributed by atoms with van der Waals surface area (Å²) < 4.78 is 7.65. The maximum Gasteiger partial charge on any atom is 0.222 e. The summed E-state index contributed by atoms with van der Waals surface area (Å²) in [6.07, 6.45) is 4.02. The highest BCUT2D eigenvalue weighted by Crippen LogP contribution is 2.57. The van der Waals surface area contributed by atoms with Gasteiger partial charge in [-0.3, -0.25) is 0 Å². The van der Waals surface area contributed by atoms with Gasteiger partial charge in [0.1, 0.15) is 11.4 Å². The van der Waals surface area contributed by atoms with Crippen LogP contribution in [0.3, 0.4) is 0 Å². The topological polar surface area (TPSA) is 46.1 Å². The molecule has 0 radical (unpaired) electrons. The number of guanidine groups is 1. The summed E-state index contributed by atoms with van der Waals surface area (Å²) in [5, 5.41) is 4.88. The second-order valence-electron chi connectivity index (χ2n) is 8.97.